The first-order valence-corrected chi connectivity index (χ1v) is 11.7. The van der Waals surface area contributed by atoms with Gasteiger partial charge in [0, 0.05) is 5.56 Å². The largest absolute Gasteiger partial charge is 0.345 e. The average Bonchev–Trinajstić information content (AvgIpc) is 2.90. The molecule has 3 N–H and O–H groups in total. The Bertz CT molecular complexity index is 1360. The van der Waals surface area contributed by atoms with E-state index in [9.17, 15) is 14.4 Å². The number of hydrogen-bond donors (Lipinski definition) is 3. The number of carbonyl (C=O) groups excluding carboxylic acids is 3. The maximum Gasteiger partial charge on any atom is 0.255 e. The Morgan fingerprint density at radius 3 is 1.86 bits per heavy atom. The molecule has 0 saturated carbocycles. The summed E-state index contributed by atoms with van der Waals surface area (Å²) >= 11 is 6.19. The van der Waals surface area contributed by atoms with Crippen LogP contribution in [0, 0.1) is 0 Å². The van der Waals surface area contributed by atoms with Gasteiger partial charge in [-0.1, -0.05) is 84.4 Å². The van der Waals surface area contributed by atoms with Gasteiger partial charge in [0.2, 0.25) is 5.91 Å². The minimum atomic E-state index is -0.596. The van der Waals surface area contributed by atoms with Gasteiger partial charge in [0.15, 0.2) is 0 Å². The molecule has 0 aliphatic carbocycles. The van der Waals surface area contributed by atoms with Crippen molar-refractivity contribution in [3.05, 3.63) is 131 Å². The lowest BCUT2D eigenvalue weighted by Crippen LogP contribution is -2.31. The molecule has 0 aliphatic heterocycles. The van der Waals surface area contributed by atoms with E-state index >= 15 is 0 Å². The lowest BCUT2D eigenvalue weighted by atomic mass is 10.0. The van der Waals surface area contributed by atoms with Gasteiger partial charge < -0.3 is 16.0 Å². The van der Waals surface area contributed by atoms with Crippen molar-refractivity contribution in [2.24, 2.45) is 0 Å². The standard InChI is InChI=1S/C29H24ClN3O3/c30-23-16-8-7-15-22(23)29(36)33-26(20-11-3-1-4-12-20)19-27(34)31-24-17-9-10-18-25(24)32-28(35)21-13-5-2-6-14-21/h1-18,26H,19H2,(H,31,34)(H,32,35)(H,33,36). The number of nitrogens with one attached hydrogen (secondary N) is 3. The van der Waals surface area contributed by atoms with Crippen LogP contribution >= 0.6 is 11.6 Å². The number of carbonyl (C=O) groups is 3. The van der Waals surface area contributed by atoms with Gasteiger partial charge in [0.1, 0.15) is 0 Å². The fraction of sp³-hybridized carbons (Fsp3) is 0.0690. The van der Waals surface area contributed by atoms with E-state index in [0.29, 0.717) is 27.5 Å². The van der Waals surface area contributed by atoms with Gasteiger partial charge in [-0.2, -0.15) is 0 Å². The number of amides is 3. The zero-order valence-electron chi connectivity index (χ0n) is 19.3. The number of rotatable bonds is 8. The van der Waals surface area contributed by atoms with Crippen molar-refractivity contribution in [1.82, 2.24) is 5.32 Å². The molecule has 0 heterocycles. The van der Waals surface area contributed by atoms with Crippen molar-refractivity contribution in [3.8, 4) is 0 Å². The van der Waals surface area contributed by atoms with Crippen LogP contribution in [-0.2, 0) is 4.79 Å². The highest BCUT2D eigenvalue weighted by Crippen LogP contribution is 2.25. The normalized spacial score (nSPS) is 11.2. The van der Waals surface area contributed by atoms with Crippen LogP contribution in [0.4, 0.5) is 11.4 Å². The third-order valence-electron chi connectivity index (χ3n) is 5.50. The molecule has 0 spiro atoms. The van der Waals surface area contributed by atoms with Crippen molar-refractivity contribution < 1.29 is 14.4 Å². The van der Waals surface area contributed by atoms with E-state index in [2.05, 4.69) is 16.0 Å². The van der Waals surface area contributed by atoms with E-state index < -0.39 is 6.04 Å². The fourth-order valence-electron chi connectivity index (χ4n) is 3.69. The Labute approximate surface area is 214 Å². The highest BCUT2D eigenvalue weighted by molar-refractivity contribution is 6.33. The molecule has 0 aliphatic rings. The summed E-state index contributed by atoms with van der Waals surface area (Å²) in [5, 5.41) is 8.95. The Morgan fingerprint density at radius 2 is 1.19 bits per heavy atom. The maximum atomic E-state index is 13.1. The fourth-order valence-corrected chi connectivity index (χ4v) is 3.91. The van der Waals surface area contributed by atoms with Crippen molar-refractivity contribution >= 4 is 40.7 Å². The second-order valence-electron chi connectivity index (χ2n) is 8.03. The molecule has 36 heavy (non-hydrogen) atoms. The van der Waals surface area contributed by atoms with E-state index in [1.165, 1.54) is 0 Å². The van der Waals surface area contributed by atoms with E-state index in [4.69, 9.17) is 11.6 Å². The van der Waals surface area contributed by atoms with Crippen molar-refractivity contribution in [2.45, 2.75) is 12.5 Å². The first kappa shape index (κ1) is 24.7. The molecule has 4 rings (SSSR count). The Hall–Kier alpha value is -4.42. The maximum absolute atomic E-state index is 13.1. The molecule has 0 aromatic heterocycles. The van der Waals surface area contributed by atoms with Crippen LogP contribution in [0.15, 0.2) is 109 Å². The molecule has 0 fully saturated rings. The summed E-state index contributed by atoms with van der Waals surface area (Å²) in [6, 6.07) is 31.2. The van der Waals surface area contributed by atoms with Gasteiger partial charge in [-0.25, -0.2) is 0 Å². The molecule has 180 valence electrons. The molecule has 1 atom stereocenters. The molecule has 0 saturated heterocycles. The topological polar surface area (TPSA) is 87.3 Å². The van der Waals surface area contributed by atoms with Crippen molar-refractivity contribution in [1.29, 1.82) is 0 Å². The third kappa shape index (κ3) is 6.37. The van der Waals surface area contributed by atoms with Crippen LogP contribution in [0.3, 0.4) is 0 Å². The van der Waals surface area contributed by atoms with Gasteiger partial charge in [0.05, 0.1) is 34.4 Å². The van der Waals surface area contributed by atoms with E-state index in [1.54, 1.807) is 72.8 Å². The zero-order valence-corrected chi connectivity index (χ0v) is 20.0. The second-order valence-corrected chi connectivity index (χ2v) is 8.44. The lowest BCUT2D eigenvalue weighted by Gasteiger charge is -2.20. The summed E-state index contributed by atoms with van der Waals surface area (Å²) in [5.41, 5.74) is 2.53. The Morgan fingerprint density at radius 1 is 0.639 bits per heavy atom. The second kappa shape index (κ2) is 11.8. The monoisotopic (exact) mass is 497 g/mol. The predicted octanol–water partition coefficient (Wildman–Crippen LogP) is 6.09. The average molecular weight is 498 g/mol. The van der Waals surface area contributed by atoms with Crippen LogP contribution in [-0.4, -0.2) is 17.7 Å². The minimum Gasteiger partial charge on any atom is -0.345 e. The highest BCUT2D eigenvalue weighted by Gasteiger charge is 2.21. The van der Waals surface area contributed by atoms with Gasteiger partial charge in [-0.05, 0) is 42.0 Å². The Kier molecular flexibility index (Phi) is 8.11. The van der Waals surface area contributed by atoms with Crippen molar-refractivity contribution in [2.75, 3.05) is 10.6 Å². The van der Waals surface area contributed by atoms with Gasteiger partial charge >= 0.3 is 0 Å². The molecule has 4 aromatic carbocycles. The lowest BCUT2D eigenvalue weighted by molar-refractivity contribution is -0.116. The summed E-state index contributed by atoms with van der Waals surface area (Å²) in [7, 11) is 0. The van der Waals surface area contributed by atoms with Crippen LogP contribution < -0.4 is 16.0 Å². The first-order valence-electron chi connectivity index (χ1n) is 11.4. The minimum absolute atomic E-state index is 0.0266. The van der Waals surface area contributed by atoms with Crippen LogP contribution in [0.2, 0.25) is 5.02 Å². The van der Waals surface area contributed by atoms with Gasteiger partial charge in [0.25, 0.3) is 11.8 Å². The number of halogens is 1. The summed E-state index contributed by atoms with van der Waals surface area (Å²) in [6.07, 6.45) is -0.0266. The Balaban J connectivity index is 1.49. The van der Waals surface area contributed by atoms with Gasteiger partial charge in [-0.15, -0.1) is 0 Å². The predicted molar refractivity (Wildman–Crippen MR) is 142 cm³/mol. The van der Waals surface area contributed by atoms with E-state index in [-0.39, 0.29) is 24.1 Å². The van der Waals surface area contributed by atoms with Crippen molar-refractivity contribution in [3.63, 3.8) is 0 Å². The quantitative estimate of drug-likeness (QED) is 0.275. The zero-order chi connectivity index (χ0) is 25.3. The SMILES string of the molecule is O=C(CC(NC(=O)c1ccccc1Cl)c1ccccc1)Nc1ccccc1NC(=O)c1ccccc1. The molecule has 1 unspecified atom stereocenters. The van der Waals surface area contributed by atoms with E-state index in [1.807, 2.05) is 36.4 Å². The molecule has 3 amide bonds. The number of para-hydroxylation sites is 2. The van der Waals surface area contributed by atoms with Crippen LogP contribution in [0.1, 0.15) is 38.7 Å². The molecule has 0 bridgehead atoms. The smallest absolute Gasteiger partial charge is 0.255 e. The summed E-state index contributed by atoms with van der Waals surface area (Å²) in [5.74, 6) is -0.992. The summed E-state index contributed by atoms with van der Waals surface area (Å²) in [6.45, 7) is 0. The number of hydrogen-bond acceptors (Lipinski definition) is 3. The molecule has 4 aromatic rings. The third-order valence-corrected chi connectivity index (χ3v) is 5.83. The summed E-state index contributed by atoms with van der Waals surface area (Å²) < 4.78 is 0. The molecular formula is C29H24ClN3O3. The number of benzene rings is 4. The van der Waals surface area contributed by atoms with Crippen LogP contribution in [0.25, 0.3) is 0 Å². The molecular weight excluding hydrogens is 474 g/mol. The van der Waals surface area contributed by atoms with Gasteiger partial charge in [-0.3, -0.25) is 14.4 Å². The van der Waals surface area contributed by atoms with Crippen LogP contribution in [0.5, 0.6) is 0 Å². The molecule has 0 radical (unpaired) electrons. The van der Waals surface area contributed by atoms with E-state index in [0.717, 1.165) is 5.56 Å². The highest BCUT2D eigenvalue weighted by atomic mass is 35.5. The summed E-state index contributed by atoms with van der Waals surface area (Å²) in [4.78, 5) is 38.6. The molecule has 6 nitrogen and oxygen atoms in total. The first-order chi connectivity index (χ1) is 17.5. The molecule has 7 heteroatoms. The number of anilines is 2.